The van der Waals surface area contributed by atoms with E-state index in [1.54, 1.807) is 12.1 Å². The minimum atomic E-state index is -5.20. The summed E-state index contributed by atoms with van der Waals surface area (Å²) in [6, 6.07) is 26.6. The predicted molar refractivity (Wildman–Crippen MR) is 289 cm³/mol. The molecule has 6 N–H and O–H groups in total. The third kappa shape index (κ3) is 11.2. The second kappa shape index (κ2) is 19.9. The lowest BCUT2D eigenvalue weighted by atomic mass is 10.1. The maximum absolute atomic E-state index is 13.4. The summed E-state index contributed by atoms with van der Waals surface area (Å²) in [6.45, 7) is 0. The van der Waals surface area contributed by atoms with Gasteiger partial charge in [0.15, 0.2) is 0 Å². The van der Waals surface area contributed by atoms with Crippen LogP contribution in [0.2, 0.25) is 0 Å². The van der Waals surface area contributed by atoms with Gasteiger partial charge in [0.05, 0.1) is 11.4 Å². The average Bonchev–Trinajstić information content (AvgIpc) is 4.29. The standard InChI is InChI=1S/C48H32N8O19S6/c57-56(34-20-16-30(44(24-34)79(67,68)69)12-11-29-15-19-33(23-43(29)78(64,65)66)55-51-40-26-46(81(73,74)75)36-6-2-4-8-38(36)48(40)53-55)49-31-17-13-27(41(21-31)76(58,59)60)9-10-28-14-18-32(22-42(28)77(61,62)63)54-50-39-25-45(80(70,71)72)35-5-1-3-7-37(35)47(39)52-54/h1-26H,(H,58,59,60)(H,61,62,63)(H,64,65,66)(H,67,68,69)(H,70,71,72)(H,73,74,75)/b10-9?,12-11+,56-49?. The number of benzene rings is 8. The number of nitrogens with zero attached hydrogens (tertiary/aromatic N) is 8. The summed E-state index contributed by atoms with van der Waals surface area (Å²) in [4.78, 5) is 10.9. The van der Waals surface area contributed by atoms with Crippen LogP contribution in [0.5, 0.6) is 0 Å². The van der Waals surface area contributed by atoms with Gasteiger partial charge in [-0.1, -0.05) is 109 Å². The van der Waals surface area contributed by atoms with Crippen molar-refractivity contribution in [3.63, 3.8) is 0 Å². The number of fused-ring (bicyclic) bond motifs is 6. The molecule has 8 aromatic carbocycles. The summed E-state index contributed by atoms with van der Waals surface area (Å²) in [5, 5.41) is 18.0. The average molecular weight is 1220 g/mol. The van der Waals surface area contributed by atoms with Gasteiger partial charge in [-0.3, -0.25) is 27.3 Å². The van der Waals surface area contributed by atoms with Gasteiger partial charge in [0.2, 0.25) is 0 Å². The summed E-state index contributed by atoms with van der Waals surface area (Å²) in [5.74, 6) is 0. The van der Waals surface area contributed by atoms with Crippen LogP contribution < -0.4 is 0 Å². The molecule has 0 bridgehead atoms. The van der Waals surface area contributed by atoms with Crippen molar-refractivity contribution in [1.29, 1.82) is 0 Å². The van der Waals surface area contributed by atoms with Gasteiger partial charge in [-0.15, -0.1) is 20.4 Å². The van der Waals surface area contributed by atoms with Gasteiger partial charge in [0, 0.05) is 43.5 Å². The quantitative estimate of drug-likeness (QED) is 0.0253. The second-order valence-corrected chi connectivity index (χ2v) is 25.7. The van der Waals surface area contributed by atoms with Crippen molar-refractivity contribution in [2.75, 3.05) is 0 Å². The predicted octanol–water partition coefficient (Wildman–Crippen LogP) is 7.31. The van der Waals surface area contributed by atoms with Crippen LogP contribution in [-0.2, 0) is 60.7 Å². The Morgan fingerprint density at radius 3 is 1.09 bits per heavy atom. The molecule has 0 aliphatic heterocycles. The molecule has 0 amide bonds. The highest BCUT2D eigenvalue weighted by Gasteiger charge is 2.25. The van der Waals surface area contributed by atoms with Crippen LogP contribution in [0.4, 0.5) is 11.4 Å². The number of aromatic nitrogens is 6. The summed E-state index contributed by atoms with van der Waals surface area (Å²) in [7, 11) is -30.0. The van der Waals surface area contributed by atoms with Crippen molar-refractivity contribution in [1.82, 2.24) is 30.0 Å². The van der Waals surface area contributed by atoms with Crippen LogP contribution in [0, 0.1) is 4.91 Å². The van der Waals surface area contributed by atoms with Crippen LogP contribution in [0.25, 0.3) is 84.7 Å². The van der Waals surface area contributed by atoms with Crippen LogP contribution in [0.1, 0.15) is 22.3 Å². The third-order valence-corrected chi connectivity index (χ3v) is 17.6. The Bertz CT molecular complexity index is 5180. The smallest absolute Gasteiger partial charge is 0.295 e. The summed E-state index contributed by atoms with van der Waals surface area (Å²) in [5.41, 5.74) is 1.72. The lowest BCUT2D eigenvalue weighted by Gasteiger charge is -2.14. The van der Waals surface area contributed by atoms with Gasteiger partial charge in [-0.05, 0) is 64.7 Å². The Morgan fingerprint density at radius 2 is 0.704 bits per heavy atom. The van der Waals surface area contributed by atoms with Crippen molar-refractivity contribution in [3.8, 4) is 11.4 Å². The van der Waals surface area contributed by atoms with E-state index in [9.17, 15) is 82.7 Å². The monoisotopic (exact) mass is 1220 g/mol. The fourth-order valence-electron chi connectivity index (χ4n) is 8.57. The molecule has 0 saturated carbocycles. The first-order valence-corrected chi connectivity index (χ1v) is 31.0. The molecule has 2 aromatic heterocycles. The molecule has 81 heavy (non-hydrogen) atoms. The first-order valence-electron chi connectivity index (χ1n) is 22.4. The molecule has 33 heteroatoms. The highest BCUT2D eigenvalue weighted by atomic mass is 32.2. The van der Waals surface area contributed by atoms with E-state index in [-0.39, 0.29) is 82.1 Å². The van der Waals surface area contributed by atoms with E-state index in [2.05, 4.69) is 25.8 Å². The zero-order valence-corrected chi connectivity index (χ0v) is 44.9. The maximum Gasteiger partial charge on any atom is 0.295 e. The fraction of sp³-hybridized carbons (Fsp3) is 0. The van der Waals surface area contributed by atoms with Crippen LogP contribution >= 0.6 is 0 Å². The fourth-order valence-corrected chi connectivity index (χ4v) is 12.8. The van der Waals surface area contributed by atoms with E-state index >= 15 is 0 Å². The highest BCUT2D eigenvalue weighted by Crippen LogP contribution is 2.35. The van der Waals surface area contributed by atoms with Crippen LogP contribution in [-0.4, -0.2) is 113 Å². The Kier molecular flexibility index (Phi) is 13.7. The van der Waals surface area contributed by atoms with Crippen molar-refractivity contribution < 1.29 is 82.7 Å². The SMILES string of the molecule is O=[N+]([N-]c1ccc(C=Cc2ccc(-n3nc4cc(S(=O)(=O)O)c5ccccc5c4n3)cc2S(=O)(=O)O)c(S(=O)(=O)O)c1)c1ccc(/C=C/c2ccc(-n3nc4cc(S(=O)(=O)O)c5ccccc5c4n3)cc2S(=O)(=O)O)c(S(=O)(=O)O)c1. The molecule has 0 saturated heterocycles. The topological polar surface area (TPSA) is 422 Å². The third-order valence-electron chi connectivity index (χ3n) is 12.1. The molecule has 0 aliphatic carbocycles. The van der Waals surface area contributed by atoms with E-state index < -0.39 is 101 Å². The van der Waals surface area contributed by atoms with Crippen LogP contribution in [0.3, 0.4) is 0 Å². The normalized spacial score (nSPS) is 13.1. The number of hydrogen-bond acceptors (Lipinski definition) is 17. The first kappa shape index (κ1) is 55.7. The van der Waals surface area contributed by atoms with Gasteiger partial charge in [-0.2, -0.15) is 60.1 Å². The molecule has 2 heterocycles. The molecule has 10 rings (SSSR count). The highest BCUT2D eigenvalue weighted by molar-refractivity contribution is 7.87. The molecule has 0 aliphatic rings. The Hall–Kier alpha value is -8.58. The van der Waals surface area contributed by atoms with E-state index in [4.69, 9.17) is 0 Å². The minimum absolute atomic E-state index is 0.0141. The zero-order chi connectivity index (χ0) is 58.4. The molecule has 0 spiro atoms. The largest absolute Gasteiger partial charge is 0.354 e. The molecule has 0 atom stereocenters. The zero-order valence-electron chi connectivity index (χ0n) is 40.0. The van der Waals surface area contributed by atoms with Gasteiger partial charge in [0.25, 0.3) is 66.4 Å². The summed E-state index contributed by atoms with van der Waals surface area (Å²) >= 11 is 0. The van der Waals surface area contributed by atoms with E-state index in [0.29, 0.717) is 6.07 Å². The van der Waals surface area contributed by atoms with E-state index in [1.165, 1.54) is 60.7 Å². The van der Waals surface area contributed by atoms with Gasteiger partial charge in [0.1, 0.15) is 51.4 Å². The number of rotatable bonds is 15. The van der Waals surface area contributed by atoms with Crippen LogP contribution in [0.15, 0.2) is 163 Å². The maximum atomic E-state index is 13.4. The van der Waals surface area contributed by atoms with Gasteiger partial charge in [-0.25, -0.2) is 0 Å². The Balaban J connectivity index is 0.914. The molecule has 27 nitrogen and oxygen atoms in total. The second-order valence-electron chi connectivity index (χ2n) is 17.3. The minimum Gasteiger partial charge on any atom is -0.354 e. The summed E-state index contributed by atoms with van der Waals surface area (Å²) in [6.07, 6.45) is 4.12. The Morgan fingerprint density at radius 1 is 0.370 bits per heavy atom. The first-order chi connectivity index (χ1) is 37.8. The Labute approximate surface area is 456 Å². The van der Waals surface area contributed by atoms with E-state index in [1.807, 2.05) is 0 Å². The lowest BCUT2D eigenvalue weighted by molar-refractivity contribution is -0.401. The molecular formula is C48H32N8O19S6. The van der Waals surface area contributed by atoms with Gasteiger partial charge >= 0.3 is 0 Å². The van der Waals surface area contributed by atoms with Crippen molar-refractivity contribution >= 4 is 140 Å². The molecule has 0 fully saturated rings. The van der Waals surface area contributed by atoms with Crippen molar-refractivity contribution in [2.45, 2.75) is 29.4 Å². The van der Waals surface area contributed by atoms with Gasteiger partial charge < -0.3 is 5.43 Å². The molecule has 0 radical (unpaired) electrons. The molecule has 10 aromatic rings. The van der Waals surface area contributed by atoms with E-state index in [0.717, 1.165) is 88.5 Å². The number of nitroso groups, excluding NO2 is 1. The summed E-state index contributed by atoms with van der Waals surface area (Å²) < 4.78 is 211. The molecule has 414 valence electrons. The molecular weight excluding hydrogens is 1180 g/mol. The number of hydrogen-bond donors (Lipinski definition) is 6. The van der Waals surface area contributed by atoms with Crippen molar-refractivity contribution in [2.24, 2.45) is 0 Å². The lowest BCUT2D eigenvalue weighted by Crippen LogP contribution is -2.05. The molecule has 0 unspecified atom stereocenters. The van der Waals surface area contributed by atoms with Crippen molar-refractivity contribution in [3.05, 3.63) is 166 Å².